The molecule has 4 nitrogen and oxygen atoms in total. The van der Waals surface area contributed by atoms with Gasteiger partial charge >= 0.3 is 0 Å². The lowest BCUT2D eigenvalue weighted by Crippen LogP contribution is -2.49. The van der Waals surface area contributed by atoms with Gasteiger partial charge in [-0.2, -0.15) is 0 Å². The van der Waals surface area contributed by atoms with Crippen LogP contribution < -0.4 is 0 Å². The van der Waals surface area contributed by atoms with E-state index in [0.717, 1.165) is 36.2 Å². The summed E-state index contributed by atoms with van der Waals surface area (Å²) in [5, 5.41) is 0. The van der Waals surface area contributed by atoms with Gasteiger partial charge in [0.2, 0.25) is 0 Å². The van der Waals surface area contributed by atoms with Gasteiger partial charge in [0.05, 0.1) is 12.8 Å². The minimum Gasteiger partial charge on any atom is -0.468 e. The second kappa shape index (κ2) is 7.65. The molecule has 5 aliphatic rings. The van der Waals surface area contributed by atoms with Gasteiger partial charge in [-0.3, -0.25) is 14.7 Å². The number of rotatable bonds is 5. The van der Waals surface area contributed by atoms with Crippen LogP contribution in [0.15, 0.2) is 22.8 Å². The fraction of sp³-hybridized carbons (Fsp3) is 0.818. The molecule has 0 unspecified atom stereocenters. The second-order valence-electron chi connectivity index (χ2n) is 9.39. The first-order valence-corrected chi connectivity index (χ1v) is 11.1. The molecule has 1 saturated carbocycles. The van der Waals surface area contributed by atoms with Gasteiger partial charge in [-0.05, 0) is 62.5 Å². The zero-order chi connectivity index (χ0) is 17.3. The molecule has 1 aromatic rings. The van der Waals surface area contributed by atoms with Crippen LogP contribution >= 0.6 is 0 Å². The molecule has 0 aromatic carbocycles. The number of likely N-dealkylation sites (tertiary alicyclic amines) is 1. The summed E-state index contributed by atoms with van der Waals surface area (Å²) in [5.74, 6) is 3.06. The number of nitrogens with zero attached hydrogens (tertiary/aromatic N) is 3. The van der Waals surface area contributed by atoms with Crippen molar-refractivity contribution in [3.05, 3.63) is 24.2 Å². The van der Waals surface area contributed by atoms with Crippen molar-refractivity contribution in [2.75, 3.05) is 39.3 Å². The predicted molar refractivity (Wildman–Crippen MR) is 104 cm³/mol. The van der Waals surface area contributed by atoms with Gasteiger partial charge in [0, 0.05) is 51.4 Å². The smallest absolute Gasteiger partial charge is 0.117 e. The van der Waals surface area contributed by atoms with E-state index in [1.54, 1.807) is 6.26 Å². The lowest BCUT2D eigenvalue weighted by molar-refractivity contribution is 0.0781. The minimum absolute atomic E-state index is 0.814. The SMILES string of the molecule is c1coc(CN2CCC(N3C[C@H]4CC[C@@H](C3)N(CC3CCC3)C4)CC2)c1. The molecule has 0 N–H and O–H groups in total. The van der Waals surface area contributed by atoms with Crippen molar-refractivity contribution in [2.24, 2.45) is 11.8 Å². The number of hydrogen-bond donors (Lipinski definition) is 0. The second-order valence-corrected chi connectivity index (χ2v) is 9.39. The fourth-order valence-corrected chi connectivity index (χ4v) is 5.81. The Kier molecular flexibility index (Phi) is 5.08. The highest BCUT2D eigenvalue weighted by atomic mass is 16.3. The predicted octanol–water partition coefficient (Wildman–Crippen LogP) is 3.44. The Morgan fingerprint density at radius 1 is 0.923 bits per heavy atom. The number of hydrogen-bond acceptors (Lipinski definition) is 4. The van der Waals surface area contributed by atoms with Crippen molar-refractivity contribution in [3.63, 3.8) is 0 Å². The van der Waals surface area contributed by atoms with Crippen molar-refractivity contribution in [1.82, 2.24) is 14.7 Å². The Balaban J connectivity index is 1.15. The third-order valence-corrected chi connectivity index (χ3v) is 7.61. The van der Waals surface area contributed by atoms with Crippen molar-refractivity contribution in [2.45, 2.75) is 63.6 Å². The molecule has 5 fully saturated rings. The highest BCUT2D eigenvalue weighted by Gasteiger charge is 2.38. The van der Waals surface area contributed by atoms with Crippen molar-refractivity contribution in [1.29, 1.82) is 0 Å². The molecule has 6 rings (SSSR count). The Morgan fingerprint density at radius 3 is 2.54 bits per heavy atom. The molecule has 0 amide bonds. The fourth-order valence-electron chi connectivity index (χ4n) is 5.81. The zero-order valence-corrected chi connectivity index (χ0v) is 16.2. The third-order valence-electron chi connectivity index (χ3n) is 7.61. The van der Waals surface area contributed by atoms with E-state index >= 15 is 0 Å². The lowest BCUT2D eigenvalue weighted by Gasteiger charge is -2.41. The summed E-state index contributed by atoms with van der Waals surface area (Å²) < 4.78 is 5.53. The maximum absolute atomic E-state index is 5.53. The van der Waals surface area contributed by atoms with Gasteiger partial charge in [0.1, 0.15) is 5.76 Å². The molecule has 0 spiro atoms. The summed E-state index contributed by atoms with van der Waals surface area (Å²) in [5.41, 5.74) is 0. The molecule has 4 aliphatic heterocycles. The molecular formula is C22H35N3O. The van der Waals surface area contributed by atoms with Crippen LogP contribution in [0.5, 0.6) is 0 Å². The lowest BCUT2D eigenvalue weighted by atomic mass is 9.83. The van der Waals surface area contributed by atoms with Gasteiger partial charge in [-0.15, -0.1) is 0 Å². The van der Waals surface area contributed by atoms with Gasteiger partial charge < -0.3 is 4.42 Å². The number of furan rings is 1. The average Bonchev–Trinajstić information content (AvgIpc) is 2.96. The Hall–Kier alpha value is -0.840. The van der Waals surface area contributed by atoms with Crippen LogP contribution in [0.2, 0.25) is 0 Å². The van der Waals surface area contributed by atoms with Crippen LogP contribution in [0.25, 0.3) is 0 Å². The standard InChI is InChI=1S/C22H35N3O/c1-3-18(4-1)13-24-14-19-6-7-21(24)16-25(15-19)20-8-10-23(11-9-20)17-22-5-2-12-26-22/h2,5,12,18-21H,1,3-4,6-11,13-17H2/t19-,21-/m0/s1. The maximum atomic E-state index is 5.53. The Labute approximate surface area is 158 Å². The van der Waals surface area contributed by atoms with Gasteiger partial charge in [0.15, 0.2) is 0 Å². The summed E-state index contributed by atoms with van der Waals surface area (Å²) in [6.07, 6.45) is 11.9. The summed E-state index contributed by atoms with van der Waals surface area (Å²) in [7, 11) is 0. The monoisotopic (exact) mass is 357 g/mol. The first-order chi connectivity index (χ1) is 12.8. The quantitative estimate of drug-likeness (QED) is 0.805. The molecule has 1 aromatic heterocycles. The number of piperidine rings is 2. The van der Waals surface area contributed by atoms with Crippen LogP contribution in [-0.2, 0) is 6.54 Å². The molecule has 5 heterocycles. The molecule has 4 saturated heterocycles. The zero-order valence-electron chi connectivity index (χ0n) is 16.2. The molecule has 0 radical (unpaired) electrons. The van der Waals surface area contributed by atoms with Crippen molar-refractivity contribution < 1.29 is 4.42 Å². The third kappa shape index (κ3) is 3.74. The maximum Gasteiger partial charge on any atom is 0.117 e. The van der Waals surface area contributed by atoms with Crippen LogP contribution in [-0.4, -0.2) is 66.1 Å². The van der Waals surface area contributed by atoms with E-state index < -0.39 is 0 Å². The van der Waals surface area contributed by atoms with Gasteiger partial charge in [-0.25, -0.2) is 0 Å². The van der Waals surface area contributed by atoms with Gasteiger partial charge in [0.25, 0.3) is 0 Å². The largest absolute Gasteiger partial charge is 0.468 e. The van der Waals surface area contributed by atoms with E-state index in [9.17, 15) is 0 Å². The minimum atomic E-state index is 0.814. The molecular weight excluding hydrogens is 322 g/mol. The average molecular weight is 358 g/mol. The van der Waals surface area contributed by atoms with E-state index in [4.69, 9.17) is 4.42 Å². The summed E-state index contributed by atoms with van der Waals surface area (Å²) >= 11 is 0. The molecule has 2 bridgehead atoms. The van der Waals surface area contributed by atoms with E-state index in [1.165, 1.54) is 84.2 Å². The molecule has 144 valence electrons. The normalized spacial score (nSPS) is 32.6. The van der Waals surface area contributed by atoms with E-state index in [0.29, 0.717) is 0 Å². The van der Waals surface area contributed by atoms with Crippen molar-refractivity contribution >= 4 is 0 Å². The molecule has 26 heavy (non-hydrogen) atoms. The van der Waals surface area contributed by atoms with E-state index in [1.807, 2.05) is 6.07 Å². The number of fused-ring (bicyclic) bond motifs is 4. The summed E-state index contributed by atoms with van der Waals surface area (Å²) in [6, 6.07) is 5.77. The molecule has 2 atom stereocenters. The van der Waals surface area contributed by atoms with Crippen LogP contribution in [0, 0.1) is 11.8 Å². The summed E-state index contributed by atoms with van der Waals surface area (Å²) in [6.45, 7) is 8.92. The molecule has 1 aliphatic carbocycles. The van der Waals surface area contributed by atoms with Crippen molar-refractivity contribution in [3.8, 4) is 0 Å². The highest BCUT2D eigenvalue weighted by Crippen LogP contribution is 2.34. The van der Waals surface area contributed by atoms with E-state index in [2.05, 4.69) is 20.8 Å². The topological polar surface area (TPSA) is 22.9 Å². The first-order valence-electron chi connectivity index (χ1n) is 11.1. The van der Waals surface area contributed by atoms with Gasteiger partial charge in [-0.1, -0.05) is 6.42 Å². The van der Waals surface area contributed by atoms with Crippen LogP contribution in [0.3, 0.4) is 0 Å². The highest BCUT2D eigenvalue weighted by molar-refractivity contribution is 4.99. The Bertz CT molecular complexity index is 562. The molecule has 4 heteroatoms. The first kappa shape index (κ1) is 17.3. The Morgan fingerprint density at radius 2 is 1.81 bits per heavy atom. The van der Waals surface area contributed by atoms with Crippen LogP contribution in [0.4, 0.5) is 0 Å². The summed E-state index contributed by atoms with van der Waals surface area (Å²) in [4.78, 5) is 8.36. The van der Waals surface area contributed by atoms with E-state index in [-0.39, 0.29) is 0 Å². The van der Waals surface area contributed by atoms with Crippen LogP contribution in [0.1, 0.15) is 50.7 Å².